The normalized spacial score (nSPS) is 18.0. The van der Waals surface area contributed by atoms with Crippen molar-refractivity contribution < 1.29 is 9.15 Å². The van der Waals surface area contributed by atoms with E-state index in [1.54, 1.807) is 0 Å². The molecule has 9 nitrogen and oxygen atoms in total. The molecule has 0 aromatic carbocycles. The average Bonchev–Trinajstić information content (AvgIpc) is 3.41. The van der Waals surface area contributed by atoms with E-state index in [4.69, 9.17) is 14.1 Å². The fourth-order valence-corrected chi connectivity index (χ4v) is 4.33. The lowest BCUT2D eigenvalue weighted by atomic mass is 10.0. The molecule has 3 aromatic heterocycles. The first-order valence-corrected chi connectivity index (χ1v) is 11.6. The number of rotatable bonds is 6. The molecule has 0 atom stereocenters. The highest BCUT2D eigenvalue weighted by molar-refractivity contribution is 6.15. The Hall–Kier alpha value is -3.49. The molecule has 2 aliphatic heterocycles. The second-order valence-corrected chi connectivity index (χ2v) is 9.09. The van der Waals surface area contributed by atoms with Gasteiger partial charge in [0.1, 0.15) is 5.82 Å². The quantitative estimate of drug-likeness (QED) is 0.571. The maximum absolute atomic E-state index is 5.88. The summed E-state index contributed by atoms with van der Waals surface area (Å²) in [5.41, 5.74) is 4.25. The summed E-state index contributed by atoms with van der Waals surface area (Å²) in [6.07, 6.45) is 6.14. The first kappa shape index (κ1) is 20.1. The molecule has 1 aliphatic carbocycles. The predicted molar refractivity (Wildman–Crippen MR) is 124 cm³/mol. The maximum atomic E-state index is 5.88. The zero-order chi connectivity index (χ0) is 22.4. The molecule has 33 heavy (non-hydrogen) atoms. The molecule has 0 unspecified atom stereocenters. The second kappa shape index (κ2) is 8.13. The van der Waals surface area contributed by atoms with Crippen LogP contribution in [0.2, 0.25) is 0 Å². The second-order valence-electron chi connectivity index (χ2n) is 9.09. The molecule has 0 amide bonds. The number of anilines is 2. The topological polar surface area (TPSA) is 92.8 Å². The van der Waals surface area contributed by atoms with E-state index >= 15 is 0 Å². The molecule has 170 valence electrons. The number of nitrogens with zero attached hydrogens (tertiary/aromatic N) is 7. The highest BCUT2D eigenvalue weighted by Crippen LogP contribution is 2.40. The number of fused-ring (bicyclic) bond motifs is 1. The summed E-state index contributed by atoms with van der Waals surface area (Å²) >= 11 is 0. The molecule has 5 heterocycles. The predicted octanol–water partition coefficient (Wildman–Crippen LogP) is 3.20. The highest BCUT2D eigenvalue weighted by Gasteiger charge is 2.31. The van der Waals surface area contributed by atoms with Crippen LogP contribution in [0.3, 0.4) is 0 Å². The maximum Gasteiger partial charge on any atom is 0.318 e. The van der Waals surface area contributed by atoms with Gasteiger partial charge in [-0.05, 0) is 38.8 Å². The monoisotopic (exact) mass is 445 g/mol. The Morgan fingerprint density at radius 2 is 1.85 bits per heavy atom. The zero-order valence-electron chi connectivity index (χ0n) is 18.9. The van der Waals surface area contributed by atoms with Crippen LogP contribution in [0.1, 0.15) is 55.2 Å². The first-order chi connectivity index (χ1) is 16.1. The lowest BCUT2D eigenvalue weighted by Gasteiger charge is -2.34. The number of hydrogen-bond acceptors (Lipinski definition) is 9. The molecule has 1 saturated heterocycles. The minimum atomic E-state index is 0.0796. The van der Waals surface area contributed by atoms with Gasteiger partial charge in [-0.15, -0.1) is 5.10 Å². The number of piperazine rings is 1. The third-order valence-corrected chi connectivity index (χ3v) is 6.23. The third kappa shape index (κ3) is 4.03. The van der Waals surface area contributed by atoms with Crippen LogP contribution in [0.15, 0.2) is 40.0 Å². The molecule has 2 fully saturated rings. The number of aromatic nitrogens is 4. The lowest BCUT2D eigenvalue weighted by molar-refractivity contribution is 0.232. The molecular weight excluding hydrogens is 418 g/mol. The van der Waals surface area contributed by atoms with Crippen molar-refractivity contribution in [2.75, 3.05) is 36.0 Å². The standard InChI is InChI=1S/C24H27N7O2/c1-15(2)32-21-12-19-18(13-26-21)14-27-22(19)17-5-6-25-20(11-17)30-7-9-31(10-8-30)24-29-28-23(33-24)16-3-4-16/h5-6,11-13,15-16H,3-4,7-10,14H2,1-2H3. The van der Waals surface area contributed by atoms with Crippen LogP contribution in [0, 0.1) is 0 Å². The number of aliphatic imine (C=N–C) groups is 1. The van der Waals surface area contributed by atoms with Crippen LogP contribution in [0.5, 0.6) is 5.88 Å². The van der Waals surface area contributed by atoms with E-state index in [1.165, 1.54) is 0 Å². The van der Waals surface area contributed by atoms with Gasteiger partial charge in [0.15, 0.2) is 0 Å². The average molecular weight is 446 g/mol. The Morgan fingerprint density at radius 3 is 2.64 bits per heavy atom. The summed E-state index contributed by atoms with van der Waals surface area (Å²) in [4.78, 5) is 18.3. The molecule has 3 aromatic rings. The van der Waals surface area contributed by atoms with Gasteiger partial charge in [-0.1, -0.05) is 5.10 Å². The van der Waals surface area contributed by atoms with Gasteiger partial charge in [0.2, 0.25) is 11.8 Å². The Labute approximate surface area is 192 Å². The van der Waals surface area contributed by atoms with Gasteiger partial charge >= 0.3 is 6.01 Å². The summed E-state index contributed by atoms with van der Waals surface area (Å²) < 4.78 is 11.7. The van der Waals surface area contributed by atoms with E-state index in [0.717, 1.165) is 73.1 Å². The zero-order valence-corrected chi connectivity index (χ0v) is 18.9. The molecule has 1 saturated carbocycles. The minimum absolute atomic E-state index is 0.0796. The van der Waals surface area contributed by atoms with Gasteiger partial charge in [0.25, 0.3) is 0 Å². The van der Waals surface area contributed by atoms with Crippen LogP contribution in [0.4, 0.5) is 11.8 Å². The summed E-state index contributed by atoms with van der Waals surface area (Å²) in [5, 5.41) is 8.47. The van der Waals surface area contributed by atoms with Gasteiger partial charge in [0.05, 0.1) is 18.4 Å². The van der Waals surface area contributed by atoms with E-state index in [2.05, 4.69) is 36.0 Å². The summed E-state index contributed by atoms with van der Waals surface area (Å²) in [6, 6.07) is 6.79. The van der Waals surface area contributed by atoms with Crippen LogP contribution in [-0.2, 0) is 6.54 Å². The molecule has 0 N–H and O–H groups in total. The van der Waals surface area contributed by atoms with Crippen molar-refractivity contribution in [2.24, 2.45) is 4.99 Å². The Kier molecular flexibility index (Phi) is 4.96. The van der Waals surface area contributed by atoms with E-state index in [-0.39, 0.29) is 6.10 Å². The van der Waals surface area contributed by atoms with Crippen LogP contribution in [-0.4, -0.2) is 58.2 Å². The van der Waals surface area contributed by atoms with Crippen molar-refractivity contribution in [3.8, 4) is 5.88 Å². The number of hydrogen-bond donors (Lipinski definition) is 0. The van der Waals surface area contributed by atoms with Gasteiger partial charge in [-0.2, -0.15) is 0 Å². The van der Waals surface area contributed by atoms with Crippen molar-refractivity contribution in [1.29, 1.82) is 0 Å². The minimum Gasteiger partial charge on any atom is -0.475 e. The molecule has 0 bridgehead atoms. The third-order valence-electron chi connectivity index (χ3n) is 6.23. The molecular formula is C24H27N7O2. The van der Waals surface area contributed by atoms with Gasteiger partial charge < -0.3 is 19.0 Å². The van der Waals surface area contributed by atoms with Crippen molar-refractivity contribution in [1.82, 2.24) is 20.2 Å². The molecule has 0 radical (unpaired) electrons. The summed E-state index contributed by atoms with van der Waals surface area (Å²) in [7, 11) is 0. The number of ether oxygens (including phenoxy) is 1. The SMILES string of the molecule is CC(C)Oc1cc2c(cn1)CN=C2c1ccnc(N2CCN(c3nnc(C4CC4)o3)CC2)c1. The summed E-state index contributed by atoms with van der Waals surface area (Å²) in [6.45, 7) is 7.98. The van der Waals surface area contributed by atoms with E-state index in [9.17, 15) is 0 Å². The van der Waals surface area contributed by atoms with Crippen molar-refractivity contribution in [3.63, 3.8) is 0 Å². The Morgan fingerprint density at radius 1 is 1.03 bits per heavy atom. The smallest absolute Gasteiger partial charge is 0.318 e. The lowest BCUT2D eigenvalue weighted by Crippen LogP contribution is -2.47. The van der Waals surface area contributed by atoms with Gasteiger partial charge in [0, 0.05) is 67.2 Å². The fraction of sp³-hybridized carbons (Fsp3) is 0.458. The van der Waals surface area contributed by atoms with Crippen LogP contribution >= 0.6 is 0 Å². The van der Waals surface area contributed by atoms with Crippen LogP contribution in [0.25, 0.3) is 0 Å². The molecule has 9 heteroatoms. The van der Waals surface area contributed by atoms with E-state index < -0.39 is 0 Å². The Balaban J connectivity index is 1.17. The van der Waals surface area contributed by atoms with Crippen LogP contribution < -0.4 is 14.5 Å². The van der Waals surface area contributed by atoms with Gasteiger partial charge in [-0.25, -0.2) is 9.97 Å². The van der Waals surface area contributed by atoms with Crippen molar-refractivity contribution >= 4 is 17.5 Å². The largest absolute Gasteiger partial charge is 0.475 e. The van der Waals surface area contributed by atoms with Crippen molar-refractivity contribution in [3.05, 3.63) is 53.2 Å². The molecule has 3 aliphatic rings. The number of pyridine rings is 2. The first-order valence-electron chi connectivity index (χ1n) is 11.6. The van der Waals surface area contributed by atoms with E-state index in [0.29, 0.717) is 24.4 Å². The molecule has 0 spiro atoms. The highest BCUT2D eigenvalue weighted by atomic mass is 16.5. The van der Waals surface area contributed by atoms with E-state index in [1.807, 2.05) is 38.4 Å². The van der Waals surface area contributed by atoms with Gasteiger partial charge in [-0.3, -0.25) is 4.99 Å². The molecule has 6 rings (SSSR count). The summed E-state index contributed by atoms with van der Waals surface area (Å²) in [5.74, 6) is 2.86. The fourth-order valence-electron chi connectivity index (χ4n) is 4.33. The van der Waals surface area contributed by atoms with Crippen molar-refractivity contribution in [2.45, 2.75) is 45.3 Å². The Bertz CT molecular complexity index is 1190.